The Bertz CT molecular complexity index is 998. The number of ether oxygens (including phenoxy) is 2. The first kappa shape index (κ1) is 20.7. The molecule has 0 saturated carbocycles. The van der Waals surface area contributed by atoms with Crippen LogP contribution in [-0.2, 0) is 16.1 Å². The molecule has 1 aliphatic heterocycles. The summed E-state index contributed by atoms with van der Waals surface area (Å²) in [6, 6.07) is 12.7. The average molecular weight is 411 g/mol. The summed E-state index contributed by atoms with van der Waals surface area (Å²) < 4.78 is 10.7. The highest BCUT2D eigenvalue weighted by molar-refractivity contribution is 8.18. The van der Waals surface area contributed by atoms with Crippen molar-refractivity contribution in [1.82, 2.24) is 4.90 Å². The van der Waals surface area contributed by atoms with Crippen molar-refractivity contribution in [1.29, 1.82) is 0 Å². The summed E-state index contributed by atoms with van der Waals surface area (Å²) in [5, 5.41) is -0.302. The topological polar surface area (TPSA) is 72.9 Å². The molecule has 2 aromatic rings. The zero-order valence-electron chi connectivity index (χ0n) is 16.4. The number of hydrogen-bond acceptors (Lipinski definition) is 6. The lowest BCUT2D eigenvalue weighted by atomic mass is 10.1. The molecule has 7 heteroatoms. The standard InChI is InChI=1S/C22H21NO5S/c1-4-27-19-11-16(8-9-18(19)28-15(3)24)12-20-21(25)23(22(26)29-20)13-17-7-5-6-14(2)10-17/h5-12H,4,13H2,1-3H3/b20-12-. The van der Waals surface area contributed by atoms with Gasteiger partial charge in [-0.2, -0.15) is 0 Å². The van der Waals surface area contributed by atoms with Crippen LogP contribution in [0.4, 0.5) is 4.79 Å². The van der Waals surface area contributed by atoms with Crippen molar-refractivity contribution in [3.8, 4) is 11.5 Å². The van der Waals surface area contributed by atoms with Crippen LogP contribution in [0, 0.1) is 6.92 Å². The number of rotatable bonds is 6. The largest absolute Gasteiger partial charge is 0.490 e. The first-order valence-corrected chi connectivity index (χ1v) is 9.95. The highest BCUT2D eigenvalue weighted by atomic mass is 32.2. The Balaban J connectivity index is 1.83. The van der Waals surface area contributed by atoms with E-state index in [1.54, 1.807) is 24.3 Å². The van der Waals surface area contributed by atoms with E-state index in [-0.39, 0.29) is 17.7 Å². The van der Waals surface area contributed by atoms with Gasteiger partial charge in [-0.3, -0.25) is 19.3 Å². The Hall–Kier alpha value is -3.06. The average Bonchev–Trinajstić information content (AvgIpc) is 2.91. The number of esters is 1. The van der Waals surface area contributed by atoms with Gasteiger partial charge in [-0.05, 0) is 54.9 Å². The number of hydrogen-bond donors (Lipinski definition) is 0. The number of benzene rings is 2. The molecule has 2 amide bonds. The van der Waals surface area contributed by atoms with Crippen LogP contribution in [0.25, 0.3) is 6.08 Å². The Kier molecular flexibility index (Phi) is 6.39. The summed E-state index contributed by atoms with van der Waals surface area (Å²) in [6.07, 6.45) is 1.64. The SMILES string of the molecule is CCOc1cc(/C=C2\SC(=O)N(Cc3cccc(C)c3)C2=O)ccc1OC(C)=O. The van der Waals surface area contributed by atoms with Crippen LogP contribution >= 0.6 is 11.8 Å². The Labute approximate surface area is 173 Å². The lowest BCUT2D eigenvalue weighted by Gasteiger charge is -2.13. The summed E-state index contributed by atoms with van der Waals surface area (Å²) in [5.41, 5.74) is 2.64. The van der Waals surface area contributed by atoms with Gasteiger partial charge in [0.05, 0.1) is 18.1 Å². The predicted molar refractivity (Wildman–Crippen MR) is 112 cm³/mol. The van der Waals surface area contributed by atoms with Gasteiger partial charge in [0, 0.05) is 6.92 Å². The Morgan fingerprint density at radius 1 is 1.14 bits per heavy atom. The molecule has 29 heavy (non-hydrogen) atoms. The number of aryl methyl sites for hydroxylation is 1. The monoisotopic (exact) mass is 411 g/mol. The number of imide groups is 1. The van der Waals surface area contributed by atoms with Crippen LogP contribution in [0.3, 0.4) is 0 Å². The van der Waals surface area contributed by atoms with Crippen molar-refractivity contribution in [3.05, 3.63) is 64.1 Å². The number of amides is 2. The molecule has 1 heterocycles. The zero-order chi connectivity index (χ0) is 21.0. The van der Waals surface area contributed by atoms with Crippen molar-refractivity contribution >= 4 is 35.0 Å². The van der Waals surface area contributed by atoms with E-state index in [1.807, 2.05) is 38.1 Å². The molecule has 0 bridgehead atoms. The Morgan fingerprint density at radius 3 is 2.62 bits per heavy atom. The third-order valence-electron chi connectivity index (χ3n) is 4.12. The summed E-state index contributed by atoms with van der Waals surface area (Å²) in [6.45, 7) is 5.73. The number of nitrogens with zero attached hydrogens (tertiary/aromatic N) is 1. The van der Waals surface area contributed by atoms with E-state index >= 15 is 0 Å². The number of carbonyl (C=O) groups is 3. The van der Waals surface area contributed by atoms with Crippen LogP contribution < -0.4 is 9.47 Å². The van der Waals surface area contributed by atoms with Crippen LogP contribution in [0.2, 0.25) is 0 Å². The van der Waals surface area contributed by atoms with Gasteiger partial charge in [0.15, 0.2) is 11.5 Å². The second-order valence-electron chi connectivity index (χ2n) is 6.49. The maximum atomic E-state index is 12.7. The summed E-state index contributed by atoms with van der Waals surface area (Å²) >= 11 is 0.906. The fourth-order valence-electron chi connectivity index (χ4n) is 2.90. The third-order valence-corrected chi connectivity index (χ3v) is 5.02. The molecule has 0 spiro atoms. The van der Waals surface area contributed by atoms with E-state index in [0.29, 0.717) is 28.6 Å². The highest BCUT2D eigenvalue weighted by Gasteiger charge is 2.35. The lowest BCUT2D eigenvalue weighted by molar-refractivity contribution is -0.132. The van der Waals surface area contributed by atoms with Gasteiger partial charge >= 0.3 is 5.97 Å². The summed E-state index contributed by atoms with van der Waals surface area (Å²) in [4.78, 5) is 37.9. The van der Waals surface area contributed by atoms with Crippen molar-refractivity contribution in [3.63, 3.8) is 0 Å². The first-order chi connectivity index (χ1) is 13.9. The maximum absolute atomic E-state index is 12.7. The van der Waals surface area contributed by atoms with Crippen molar-refractivity contribution < 1.29 is 23.9 Å². The molecule has 1 aliphatic rings. The minimum absolute atomic E-state index is 0.235. The van der Waals surface area contributed by atoms with Crippen LogP contribution in [0.15, 0.2) is 47.4 Å². The molecule has 3 rings (SSSR count). The number of carbonyl (C=O) groups excluding carboxylic acids is 3. The van der Waals surface area contributed by atoms with Gasteiger partial charge in [-0.1, -0.05) is 35.9 Å². The van der Waals surface area contributed by atoms with Gasteiger partial charge in [0.25, 0.3) is 11.1 Å². The first-order valence-electron chi connectivity index (χ1n) is 9.13. The van der Waals surface area contributed by atoms with Crippen LogP contribution in [0.5, 0.6) is 11.5 Å². The fraction of sp³-hybridized carbons (Fsp3) is 0.227. The molecule has 0 N–H and O–H groups in total. The van der Waals surface area contributed by atoms with Gasteiger partial charge in [0.1, 0.15) is 0 Å². The zero-order valence-corrected chi connectivity index (χ0v) is 17.2. The molecule has 0 radical (unpaired) electrons. The molecule has 2 aromatic carbocycles. The van der Waals surface area contributed by atoms with Crippen molar-refractivity contribution in [2.45, 2.75) is 27.3 Å². The molecule has 1 saturated heterocycles. The Morgan fingerprint density at radius 2 is 1.93 bits per heavy atom. The minimum Gasteiger partial charge on any atom is -0.490 e. The molecular formula is C22H21NO5S. The van der Waals surface area contributed by atoms with E-state index in [1.165, 1.54) is 11.8 Å². The fourth-order valence-corrected chi connectivity index (χ4v) is 3.74. The highest BCUT2D eigenvalue weighted by Crippen LogP contribution is 2.35. The second-order valence-corrected chi connectivity index (χ2v) is 7.48. The van der Waals surface area contributed by atoms with Gasteiger partial charge in [-0.25, -0.2) is 0 Å². The van der Waals surface area contributed by atoms with Gasteiger partial charge in [-0.15, -0.1) is 0 Å². The molecule has 150 valence electrons. The molecule has 0 aromatic heterocycles. The normalized spacial score (nSPS) is 15.1. The number of thioether (sulfide) groups is 1. The molecule has 0 atom stereocenters. The second kappa shape index (κ2) is 8.96. The lowest BCUT2D eigenvalue weighted by Crippen LogP contribution is -2.27. The summed E-state index contributed by atoms with van der Waals surface area (Å²) in [5.74, 6) is -0.0704. The van der Waals surface area contributed by atoms with Crippen molar-refractivity contribution in [2.75, 3.05) is 6.61 Å². The molecule has 0 unspecified atom stereocenters. The van der Waals surface area contributed by atoms with Crippen molar-refractivity contribution in [2.24, 2.45) is 0 Å². The summed E-state index contributed by atoms with van der Waals surface area (Å²) in [7, 11) is 0. The van der Waals surface area contributed by atoms with Gasteiger partial charge in [0.2, 0.25) is 0 Å². The van der Waals surface area contributed by atoms with E-state index in [9.17, 15) is 14.4 Å². The minimum atomic E-state index is -0.448. The van der Waals surface area contributed by atoms with E-state index < -0.39 is 5.97 Å². The smallest absolute Gasteiger partial charge is 0.308 e. The molecule has 0 aliphatic carbocycles. The van der Waals surface area contributed by atoms with Gasteiger partial charge < -0.3 is 9.47 Å². The molecular weight excluding hydrogens is 390 g/mol. The van der Waals surface area contributed by atoms with E-state index in [2.05, 4.69) is 0 Å². The van der Waals surface area contributed by atoms with Crippen LogP contribution in [0.1, 0.15) is 30.5 Å². The molecule has 6 nitrogen and oxygen atoms in total. The maximum Gasteiger partial charge on any atom is 0.308 e. The predicted octanol–water partition coefficient (Wildman–Crippen LogP) is 4.56. The van der Waals surface area contributed by atoms with Crippen LogP contribution in [-0.4, -0.2) is 28.6 Å². The molecule has 1 fully saturated rings. The quantitative estimate of drug-likeness (QED) is 0.394. The van der Waals surface area contributed by atoms with E-state index in [4.69, 9.17) is 9.47 Å². The van der Waals surface area contributed by atoms with E-state index in [0.717, 1.165) is 22.9 Å². The third kappa shape index (κ3) is 5.06.